The average Bonchev–Trinajstić information content (AvgIpc) is 3.38. The summed E-state index contributed by atoms with van der Waals surface area (Å²) in [6.45, 7) is 3.26. The van der Waals surface area contributed by atoms with Crippen LogP contribution in [-0.2, 0) is 0 Å². The zero-order valence-electron chi connectivity index (χ0n) is 14.3. The maximum absolute atomic E-state index is 12.7. The lowest BCUT2D eigenvalue weighted by Gasteiger charge is -2.34. The number of benzene rings is 1. The van der Waals surface area contributed by atoms with Crippen LogP contribution in [-0.4, -0.2) is 40.9 Å². The number of halogens is 1. The molecule has 1 aliphatic carbocycles. The molecule has 1 aromatic carbocycles. The van der Waals surface area contributed by atoms with Gasteiger partial charge in [0.15, 0.2) is 0 Å². The summed E-state index contributed by atoms with van der Waals surface area (Å²) in [4.78, 5) is 25.4. The summed E-state index contributed by atoms with van der Waals surface area (Å²) in [7, 11) is 0. The maximum Gasteiger partial charge on any atom is 0.293 e. The van der Waals surface area contributed by atoms with Crippen LogP contribution < -0.4 is 11.1 Å². The number of anilines is 1. The zero-order chi connectivity index (χ0) is 17.3. The molecule has 1 aliphatic heterocycles. The quantitative estimate of drug-likeness (QED) is 0.614. The number of carbonyl (C=O) groups excluding carboxylic acids is 1. The Balaban J connectivity index is 0.00000225. The van der Waals surface area contributed by atoms with E-state index in [1.807, 2.05) is 6.92 Å². The second kappa shape index (κ2) is 8.01. The molecule has 3 N–H and O–H groups in total. The molecule has 2 unspecified atom stereocenters. The Morgan fingerprint density at radius 1 is 1.40 bits per heavy atom. The van der Waals surface area contributed by atoms with E-state index in [9.17, 15) is 14.9 Å². The fourth-order valence-electron chi connectivity index (χ4n) is 3.19. The van der Waals surface area contributed by atoms with Crippen LogP contribution in [0.25, 0.3) is 0 Å². The largest absolute Gasteiger partial charge is 0.377 e. The zero-order valence-corrected chi connectivity index (χ0v) is 15.1. The molecular formula is C17H25ClN4O3. The number of nitrogens with two attached hydrogens (primary N) is 1. The van der Waals surface area contributed by atoms with E-state index in [0.29, 0.717) is 30.4 Å². The summed E-state index contributed by atoms with van der Waals surface area (Å²) in [5.41, 5.74) is 6.80. The Kier molecular flexibility index (Phi) is 6.24. The lowest BCUT2D eigenvalue weighted by atomic mass is 9.92. The number of hydrogen-bond donors (Lipinski definition) is 2. The minimum Gasteiger partial charge on any atom is -0.377 e. The van der Waals surface area contributed by atoms with Crippen molar-refractivity contribution in [2.75, 3.05) is 18.4 Å². The monoisotopic (exact) mass is 368 g/mol. The van der Waals surface area contributed by atoms with E-state index >= 15 is 0 Å². The summed E-state index contributed by atoms with van der Waals surface area (Å²) in [5.74, 6) is 0.134. The molecule has 0 bridgehead atoms. The normalized spacial score (nSPS) is 21.2. The lowest BCUT2D eigenvalue weighted by Crippen LogP contribution is -2.45. The van der Waals surface area contributed by atoms with E-state index < -0.39 is 4.92 Å². The average molecular weight is 369 g/mol. The molecule has 0 radical (unpaired) electrons. The summed E-state index contributed by atoms with van der Waals surface area (Å²) in [6.07, 6.45) is 4.00. The van der Waals surface area contributed by atoms with Gasteiger partial charge in [-0.1, -0.05) is 0 Å². The van der Waals surface area contributed by atoms with Gasteiger partial charge in [-0.3, -0.25) is 14.9 Å². The van der Waals surface area contributed by atoms with Crippen molar-refractivity contribution in [3.63, 3.8) is 0 Å². The lowest BCUT2D eigenvalue weighted by molar-refractivity contribution is -0.384. The molecule has 3 rings (SSSR count). The van der Waals surface area contributed by atoms with E-state index in [-0.39, 0.29) is 36.0 Å². The van der Waals surface area contributed by atoms with Gasteiger partial charge in [0.2, 0.25) is 0 Å². The third-order valence-corrected chi connectivity index (χ3v) is 4.87. The van der Waals surface area contributed by atoms with Crippen LogP contribution in [0.2, 0.25) is 0 Å². The predicted octanol–water partition coefficient (Wildman–Crippen LogP) is 2.79. The Labute approximate surface area is 153 Å². The first kappa shape index (κ1) is 19.5. The van der Waals surface area contributed by atoms with Gasteiger partial charge in [0, 0.05) is 36.8 Å². The topological polar surface area (TPSA) is 102 Å². The van der Waals surface area contributed by atoms with Crippen molar-refractivity contribution in [3.05, 3.63) is 33.9 Å². The van der Waals surface area contributed by atoms with Gasteiger partial charge in [-0.25, -0.2) is 0 Å². The van der Waals surface area contributed by atoms with Crippen molar-refractivity contribution in [2.45, 2.75) is 44.7 Å². The number of nitrogens with zero attached hydrogens (tertiary/aromatic N) is 2. The van der Waals surface area contributed by atoms with Crippen LogP contribution in [0.4, 0.5) is 11.4 Å². The van der Waals surface area contributed by atoms with Crippen LogP contribution in [0, 0.1) is 16.0 Å². The van der Waals surface area contributed by atoms with Crippen LogP contribution in [0.3, 0.4) is 0 Å². The molecule has 1 saturated heterocycles. The first-order valence-electron chi connectivity index (χ1n) is 8.55. The summed E-state index contributed by atoms with van der Waals surface area (Å²) < 4.78 is 0. The number of carbonyl (C=O) groups is 1. The minimum absolute atomic E-state index is 0. The second-order valence-corrected chi connectivity index (χ2v) is 6.92. The highest BCUT2D eigenvalue weighted by molar-refractivity contribution is 5.95. The van der Waals surface area contributed by atoms with Gasteiger partial charge in [0.05, 0.1) is 4.92 Å². The minimum atomic E-state index is -0.428. The third kappa shape index (κ3) is 4.61. The van der Waals surface area contributed by atoms with Gasteiger partial charge in [-0.2, -0.15) is 0 Å². The van der Waals surface area contributed by atoms with Crippen molar-refractivity contribution in [2.24, 2.45) is 11.7 Å². The van der Waals surface area contributed by atoms with Crippen molar-refractivity contribution < 1.29 is 9.72 Å². The van der Waals surface area contributed by atoms with E-state index in [2.05, 4.69) is 5.32 Å². The van der Waals surface area contributed by atoms with Gasteiger partial charge in [0.1, 0.15) is 5.69 Å². The molecule has 25 heavy (non-hydrogen) atoms. The smallest absolute Gasteiger partial charge is 0.293 e. The highest BCUT2D eigenvalue weighted by Gasteiger charge is 2.29. The summed E-state index contributed by atoms with van der Waals surface area (Å²) >= 11 is 0. The first-order chi connectivity index (χ1) is 11.5. The Hall–Kier alpha value is -1.86. The van der Waals surface area contributed by atoms with Crippen LogP contribution in [0.15, 0.2) is 18.2 Å². The molecule has 2 atom stereocenters. The van der Waals surface area contributed by atoms with Crippen LogP contribution >= 0.6 is 12.4 Å². The van der Waals surface area contributed by atoms with Crippen molar-refractivity contribution in [1.82, 2.24) is 4.90 Å². The highest BCUT2D eigenvalue weighted by Crippen LogP contribution is 2.32. The number of rotatable bonds is 5. The predicted molar refractivity (Wildman–Crippen MR) is 99.3 cm³/mol. The SMILES string of the molecule is CC(N)C1CCCN(C(=O)c2ccc(NC3CC3)c([N+](=O)[O-])c2)C1.Cl. The Bertz CT molecular complexity index is 649. The number of nitrogens with one attached hydrogen (secondary N) is 1. The van der Waals surface area contributed by atoms with Crippen LogP contribution in [0.5, 0.6) is 0 Å². The molecule has 1 heterocycles. The van der Waals surface area contributed by atoms with Crippen molar-refractivity contribution >= 4 is 29.7 Å². The standard InChI is InChI=1S/C17H24N4O3.ClH/c1-11(18)13-3-2-8-20(10-13)17(22)12-4-7-15(19-14-5-6-14)16(9-12)21(23)24;/h4,7,9,11,13-14,19H,2-3,5-6,8,10,18H2,1H3;1H. The molecule has 1 aromatic rings. The van der Waals surface area contributed by atoms with E-state index in [4.69, 9.17) is 5.73 Å². The van der Waals surface area contributed by atoms with Gasteiger partial charge in [0.25, 0.3) is 11.6 Å². The van der Waals surface area contributed by atoms with E-state index in [1.54, 1.807) is 17.0 Å². The first-order valence-corrected chi connectivity index (χ1v) is 8.55. The fourth-order valence-corrected chi connectivity index (χ4v) is 3.19. The molecule has 2 aliphatic rings. The van der Waals surface area contributed by atoms with Gasteiger partial charge in [-0.15, -0.1) is 12.4 Å². The molecule has 1 saturated carbocycles. The number of piperidine rings is 1. The number of likely N-dealkylation sites (tertiary alicyclic amines) is 1. The molecule has 0 aromatic heterocycles. The molecule has 2 fully saturated rings. The van der Waals surface area contributed by atoms with Gasteiger partial charge >= 0.3 is 0 Å². The molecule has 8 heteroatoms. The molecular weight excluding hydrogens is 344 g/mol. The Morgan fingerprint density at radius 3 is 2.72 bits per heavy atom. The summed E-state index contributed by atoms with van der Waals surface area (Å²) in [5, 5.41) is 14.5. The number of amides is 1. The van der Waals surface area contributed by atoms with Crippen LogP contribution in [0.1, 0.15) is 43.0 Å². The van der Waals surface area contributed by atoms with Crippen molar-refractivity contribution in [1.29, 1.82) is 0 Å². The third-order valence-electron chi connectivity index (χ3n) is 4.87. The number of nitro benzene ring substituents is 1. The summed E-state index contributed by atoms with van der Waals surface area (Å²) in [6, 6.07) is 5.08. The van der Waals surface area contributed by atoms with Gasteiger partial charge < -0.3 is 16.0 Å². The van der Waals surface area contributed by atoms with Crippen molar-refractivity contribution in [3.8, 4) is 0 Å². The van der Waals surface area contributed by atoms with E-state index in [1.165, 1.54) is 6.07 Å². The molecule has 0 spiro atoms. The molecule has 138 valence electrons. The maximum atomic E-state index is 12.7. The number of nitro groups is 1. The highest BCUT2D eigenvalue weighted by atomic mass is 35.5. The van der Waals surface area contributed by atoms with E-state index in [0.717, 1.165) is 25.7 Å². The van der Waals surface area contributed by atoms with Gasteiger partial charge in [-0.05, 0) is 50.7 Å². The fraction of sp³-hybridized carbons (Fsp3) is 0.588. The Morgan fingerprint density at radius 2 is 2.12 bits per heavy atom. The second-order valence-electron chi connectivity index (χ2n) is 6.92. The molecule has 1 amide bonds. The molecule has 7 nitrogen and oxygen atoms in total. The number of hydrogen-bond acceptors (Lipinski definition) is 5.